The Labute approximate surface area is 121 Å². The molecular formula is C14H28O2S2. The first-order valence-corrected chi connectivity index (χ1v) is 9.10. The lowest BCUT2D eigenvalue weighted by atomic mass is 10.3. The van der Waals surface area contributed by atoms with Gasteiger partial charge in [0.05, 0.1) is 25.4 Å². The molecule has 2 aliphatic rings. The Morgan fingerprint density at radius 2 is 1.61 bits per heavy atom. The van der Waals surface area contributed by atoms with Gasteiger partial charge in [0.25, 0.3) is 0 Å². The van der Waals surface area contributed by atoms with E-state index in [1.54, 1.807) is 0 Å². The van der Waals surface area contributed by atoms with Crippen LogP contribution in [0.5, 0.6) is 0 Å². The Kier molecular flexibility index (Phi) is 8.08. The Hall–Kier alpha value is 0.620. The Bertz CT molecular complexity index is 208. The average Bonchev–Trinajstić information content (AvgIpc) is 3.16. The number of unbranched alkanes of at least 4 members (excludes halogenated alkanes) is 1. The van der Waals surface area contributed by atoms with Crippen molar-refractivity contribution in [1.82, 2.24) is 0 Å². The topological polar surface area (TPSA) is 25.1 Å². The quantitative estimate of drug-likeness (QED) is 0.526. The highest BCUT2D eigenvalue weighted by molar-refractivity contribution is 8.00. The van der Waals surface area contributed by atoms with Gasteiger partial charge >= 0.3 is 0 Å². The van der Waals surface area contributed by atoms with E-state index in [1.165, 1.54) is 30.1 Å². The fourth-order valence-corrected chi connectivity index (χ4v) is 3.13. The predicted molar refractivity (Wildman–Crippen MR) is 83.9 cm³/mol. The Morgan fingerprint density at radius 1 is 1.06 bits per heavy atom. The molecular weight excluding hydrogens is 264 g/mol. The van der Waals surface area contributed by atoms with E-state index in [9.17, 15) is 0 Å². The van der Waals surface area contributed by atoms with E-state index in [-0.39, 0.29) is 0 Å². The summed E-state index contributed by atoms with van der Waals surface area (Å²) in [6.07, 6.45) is 3.87. The minimum Gasteiger partial charge on any atom is -0.372 e. The van der Waals surface area contributed by atoms with Gasteiger partial charge < -0.3 is 9.47 Å². The molecule has 18 heavy (non-hydrogen) atoms. The van der Waals surface area contributed by atoms with Crippen LogP contribution in [0.1, 0.15) is 40.5 Å². The van der Waals surface area contributed by atoms with Crippen molar-refractivity contribution in [1.29, 1.82) is 0 Å². The maximum Gasteiger partial charge on any atom is 0.0900 e. The number of epoxide rings is 2. The molecule has 4 heteroatoms. The van der Waals surface area contributed by atoms with Crippen LogP contribution in [0.25, 0.3) is 0 Å². The fraction of sp³-hybridized carbons (Fsp3) is 1.00. The second-order valence-electron chi connectivity index (χ2n) is 5.76. The van der Waals surface area contributed by atoms with Crippen LogP contribution in [-0.4, -0.2) is 47.4 Å². The molecule has 2 nitrogen and oxygen atoms in total. The standard InChI is InChI=1S/2C7H14OS/c1-7(2,3)9-5-6-4-8-6;1-2-3-4-9-6-7-5-8-7/h6H,4-5H2,1-3H3;7H,2-6H2,1H3. The lowest BCUT2D eigenvalue weighted by molar-refractivity contribution is 0.425. The molecule has 2 rings (SSSR count). The summed E-state index contributed by atoms with van der Waals surface area (Å²) in [6.45, 7) is 10.9. The molecule has 2 aliphatic heterocycles. The van der Waals surface area contributed by atoms with Crippen LogP contribution in [0.2, 0.25) is 0 Å². The Balaban J connectivity index is 0.000000180. The van der Waals surface area contributed by atoms with E-state index in [0.29, 0.717) is 17.0 Å². The molecule has 2 unspecified atom stereocenters. The first-order chi connectivity index (χ1) is 8.51. The third-order valence-electron chi connectivity index (χ3n) is 2.45. The summed E-state index contributed by atoms with van der Waals surface area (Å²) in [5.74, 6) is 3.71. The zero-order chi connectivity index (χ0) is 13.4. The first-order valence-electron chi connectivity index (χ1n) is 6.96. The second-order valence-corrected chi connectivity index (χ2v) is 8.76. The fourth-order valence-electron chi connectivity index (χ4n) is 1.13. The zero-order valence-corrected chi connectivity index (χ0v) is 13.9. The summed E-state index contributed by atoms with van der Waals surface area (Å²) >= 11 is 4.00. The van der Waals surface area contributed by atoms with E-state index < -0.39 is 0 Å². The molecule has 0 aromatic rings. The van der Waals surface area contributed by atoms with Crippen LogP contribution in [0, 0.1) is 0 Å². The number of hydrogen-bond donors (Lipinski definition) is 0. The van der Waals surface area contributed by atoms with E-state index >= 15 is 0 Å². The van der Waals surface area contributed by atoms with Crippen LogP contribution in [0.15, 0.2) is 0 Å². The molecule has 0 amide bonds. The van der Waals surface area contributed by atoms with Crippen molar-refractivity contribution >= 4 is 23.5 Å². The van der Waals surface area contributed by atoms with Gasteiger partial charge in [-0.1, -0.05) is 34.1 Å². The van der Waals surface area contributed by atoms with E-state index in [2.05, 4.69) is 27.7 Å². The minimum atomic E-state index is 0.409. The lowest BCUT2D eigenvalue weighted by Crippen LogP contribution is -2.10. The summed E-state index contributed by atoms with van der Waals surface area (Å²) in [6, 6.07) is 0. The van der Waals surface area contributed by atoms with Crippen molar-refractivity contribution in [2.75, 3.05) is 30.5 Å². The summed E-state index contributed by atoms with van der Waals surface area (Å²) in [5, 5.41) is 0. The maximum absolute atomic E-state index is 5.08. The molecule has 0 bridgehead atoms. The van der Waals surface area contributed by atoms with Gasteiger partial charge in [-0.2, -0.15) is 23.5 Å². The molecule has 0 aromatic heterocycles. The van der Waals surface area contributed by atoms with Gasteiger partial charge in [-0.3, -0.25) is 0 Å². The van der Waals surface area contributed by atoms with Gasteiger partial charge in [0, 0.05) is 16.3 Å². The molecule has 2 fully saturated rings. The zero-order valence-electron chi connectivity index (χ0n) is 12.2. The largest absolute Gasteiger partial charge is 0.372 e. The van der Waals surface area contributed by atoms with E-state index in [1.807, 2.05) is 23.5 Å². The van der Waals surface area contributed by atoms with Crippen molar-refractivity contribution < 1.29 is 9.47 Å². The second kappa shape index (κ2) is 8.72. The highest BCUT2D eigenvalue weighted by Gasteiger charge is 2.24. The van der Waals surface area contributed by atoms with E-state index in [0.717, 1.165) is 13.2 Å². The molecule has 2 atom stereocenters. The molecule has 0 radical (unpaired) electrons. The normalized spacial score (nSPS) is 25.3. The van der Waals surface area contributed by atoms with Crippen LogP contribution >= 0.6 is 23.5 Å². The number of hydrogen-bond acceptors (Lipinski definition) is 4. The van der Waals surface area contributed by atoms with Gasteiger partial charge in [-0.15, -0.1) is 0 Å². The van der Waals surface area contributed by atoms with Crippen LogP contribution in [0.4, 0.5) is 0 Å². The highest BCUT2D eigenvalue weighted by atomic mass is 32.2. The number of thioether (sulfide) groups is 2. The molecule has 2 saturated heterocycles. The van der Waals surface area contributed by atoms with Gasteiger partial charge in [-0.25, -0.2) is 0 Å². The average molecular weight is 293 g/mol. The SMILES string of the molecule is CC(C)(C)SCC1CO1.CCCCSCC1CO1. The molecule has 108 valence electrons. The van der Waals surface area contributed by atoms with Crippen molar-refractivity contribution in [3.8, 4) is 0 Å². The summed E-state index contributed by atoms with van der Waals surface area (Å²) in [5.41, 5.74) is 0. The predicted octanol–water partition coefficient (Wildman–Crippen LogP) is 3.84. The minimum absolute atomic E-state index is 0.409. The molecule has 0 aromatic carbocycles. The van der Waals surface area contributed by atoms with Crippen LogP contribution in [-0.2, 0) is 9.47 Å². The monoisotopic (exact) mass is 292 g/mol. The van der Waals surface area contributed by atoms with Crippen molar-refractivity contribution in [2.24, 2.45) is 0 Å². The van der Waals surface area contributed by atoms with Gasteiger partial charge in [0.15, 0.2) is 0 Å². The van der Waals surface area contributed by atoms with Gasteiger partial charge in [0.1, 0.15) is 0 Å². The summed E-state index contributed by atoms with van der Waals surface area (Å²) < 4.78 is 10.6. The molecule has 0 spiro atoms. The van der Waals surface area contributed by atoms with Gasteiger partial charge in [0.2, 0.25) is 0 Å². The summed E-state index contributed by atoms with van der Waals surface area (Å²) in [7, 11) is 0. The molecule has 0 N–H and O–H groups in total. The van der Waals surface area contributed by atoms with Gasteiger partial charge in [-0.05, 0) is 12.2 Å². The van der Waals surface area contributed by atoms with E-state index in [4.69, 9.17) is 9.47 Å². The van der Waals surface area contributed by atoms with Crippen molar-refractivity contribution in [3.05, 3.63) is 0 Å². The smallest absolute Gasteiger partial charge is 0.0900 e. The van der Waals surface area contributed by atoms with Crippen molar-refractivity contribution in [3.63, 3.8) is 0 Å². The number of ether oxygens (including phenoxy) is 2. The third kappa shape index (κ3) is 11.7. The Morgan fingerprint density at radius 3 is 2.06 bits per heavy atom. The summed E-state index contributed by atoms with van der Waals surface area (Å²) in [4.78, 5) is 0. The van der Waals surface area contributed by atoms with Crippen LogP contribution < -0.4 is 0 Å². The highest BCUT2D eigenvalue weighted by Crippen LogP contribution is 2.27. The molecule has 2 heterocycles. The third-order valence-corrected chi connectivity index (χ3v) is 5.04. The maximum atomic E-state index is 5.08. The molecule has 0 saturated carbocycles. The first kappa shape index (κ1) is 16.7. The number of rotatable bonds is 7. The van der Waals surface area contributed by atoms with Crippen LogP contribution in [0.3, 0.4) is 0 Å². The van der Waals surface area contributed by atoms with Crippen molar-refractivity contribution in [2.45, 2.75) is 57.5 Å². The molecule has 0 aliphatic carbocycles. The lowest BCUT2D eigenvalue weighted by Gasteiger charge is -2.15.